The van der Waals surface area contributed by atoms with E-state index < -0.39 is 12.1 Å². The van der Waals surface area contributed by atoms with Gasteiger partial charge in [0.2, 0.25) is 5.88 Å². The molecular formula is C22H23F3N4O3. The first-order chi connectivity index (χ1) is 15.2. The Morgan fingerprint density at radius 2 is 1.84 bits per heavy atom. The minimum Gasteiger partial charge on any atom is -0.475 e. The summed E-state index contributed by atoms with van der Waals surface area (Å²) in [4.78, 5) is 11.4. The van der Waals surface area contributed by atoms with E-state index in [-0.39, 0.29) is 6.10 Å². The van der Waals surface area contributed by atoms with Crippen molar-refractivity contribution < 1.29 is 27.8 Å². The van der Waals surface area contributed by atoms with Gasteiger partial charge in [-0.15, -0.1) is 10.2 Å². The maximum Gasteiger partial charge on any atom is 0.490 e. The van der Waals surface area contributed by atoms with Gasteiger partial charge in [0.1, 0.15) is 6.10 Å². The van der Waals surface area contributed by atoms with Crippen LogP contribution >= 0.6 is 0 Å². The van der Waals surface area contributed by atoms with Crippen molar-refractivity contribution in [3.63, 3.8) is 0 Å². The van der Waals surface area contributed by atoms with Crippen LogP contribution in [0.5, 0.6) is 5.88 Å². The van der Waals surface area contributed by atoms with E-state index in [4.69, 9.17) is 14.6 Å². The Morgan fingerprint density at radius 1 is 1.12 bits per heavy atom. The number of halogens is 3. The van der Waals surface area contributed by atoms with Crippen molar-refractivity contribution in [3.05, 3.63) is 42.6 Å². The second-order valence-corrected chi connectivity index (χ2v) is 8.05. The van der Waals surface area contributed by atoms with Gasteiger partial charge >= 0.3 is 12.1 Å². The number of fused-ring (bicyclic) bond motifs is 4. The molecule has 32 heavy (non-hydrogen) atoms. The third-order valence-corrected chi connectivity index (χ3v) is 5.93. The summed E-state index contributed by atoms with van der Waals surface area (Å²) >= 11 is 0. The first-order valence-electron chi connectivity index (χ1n) is 10.3. The predicted molar refractivity (Wildman–Crippen MR) is 111 cm³/mol. The molecule has 0 unspecified atom stereocenters. The lowest BCUT2D eigenvalue weighted by molar-refractivity contribution is -0.192. The number of aliphatic carboxylic acids is 1. The van der Waals surface area contributed by atoms with E-state index in [1.807, 2.05) is 12.1 Å². The summed E-state index contributed by atoms with van der Waals surface area (Å²) in [5.74, 6) is -1.44. The van der Waals surface area contributed by atoms with Crippen LogP contribution < -0.4 is 4.74 Å². The highest BCUT2D eigenvalue weighted by Gasteiger charge is 2.38. The molecule has 3 aromatic rings. The monoisotopic (exact) mass is 448 g/mol. The zero-order valence-corrected chi connectivity index (χ0v) is 17.4. The molecule has 0 aliphatic carbocycles. The molecule has 7 nitrogen and oxygen atoms in total. The van der Waals surface area contributed by atoms with Crippen LogP contribution in [0.25, 0.3) is 22.2 Å². The molecule has 6 rings (SSSR count). The highest BCUT2D eigenvalue weighted by Crippen LogP contribution is 2.30. The summed E-state index contributed by atoms with van der Waals surface area (Å²) in [6.07, 6.45) is -0.255. The maximum absolute atomic E-state index is 10.6. The van der Waals surface area contributed by atoms with Gasteiger partial charge in [0, 0.05) is 42.3 Å². The van der Waals surface area contributed by atoms with Crippen molar-refractivity contribution in [3.8, 4) is 17.1 Å². The molecule has 1 aromatic carbocycles. The number of aryl methyl sites for hydroxylation is 1. The van der Waals surface area contributed by atoms with E-state index in [0.29, 0.717) is 11.8 Å². The van der Waals surface area contributed by atoms with E-state index in [1.165, 1.54) is 36.8 Å². The van der Waals surface area contributed by atoms with Gasteiger partial charge in [-0.25, -0.2) is 4.79 Å². The quantitative estimate of drug-likeness (QED) is 0.658. The molecule has 3 aliphatic rings. The van der Waals surface area contributed by atoms with Crippen LogP contribution in [0.4, 0.5) is 13.2 Å². The molecular weight excluding hydrogens is 425 g/mol. The van der Waals surface area contributed by atoms with Crippen molar-refractivity contribution >= 4 is 16.9 Å². The van der Waals surface area contributed by atoms with E-state index in [0.717, 1.165) is 17.8 Å². The molecule has 0 amide bonds. The van der Waals surface area contributed by atoms with Gasteiger partial charge in [-0.3, -0.25) is 4.90 Å². The Hall–Kier alpha value is -3.14. The lowest BCUT2D eigenvalue weighted by atomic mass is 9.86. The molecule has 2 aromatic heterocycles. The Balaban J connectivity index is 0.000000307. The van der Waals surface area contributed by atoms with Crippen molar-refractivity contribution in [2.24, 2.45) is 13.0 Å². The van der Waals surface area contributed by atoms with Gasteiger partial charge < -0.3 is 14.4 Å². The van der Waals surface area contributed by atoms with Crippen LogP contribution in [0.1, 0.15) is 12.8 Å². The highest BCUT2D eigenvalue weighted by atomic mass is 19.4. The van der Waals surface area contributed by atoms with Gasteiger partial charge in [-0.1, -0.05) is 6.07 Å². The topological polar surface area (TPSA) is 80.5 Å². The molecule has 3 saturated heterocycles. The van der Waals surface area contributed by atoms with E-state index in [2.05, 4.69) is 57.2 Å². The smallest absolute Gasteiger partial charge is 0.475 e. The number of aromatic nitrogens is 3. The Kier molecular flexibility index (Phi) is 6.05. The number of hydrogen-bond donors (Lipinski definition) is 1. The molecule has 10 heteroatoms. The molecule has 170 valence electrons. The maximum atomic E-state index is 10.6. The summed E-state index contributed by atoms with van der Waals surface area (Å²) in [5.41, 5.74) is 3.19. The van der Waals surface area contributed by atoms with Gasteiger partial charge in [0.15, 0.2) is 0 Å². The van der Waals surface area contributed by atoms with Crippen LogP contribution in [0, 0.1) is 5.92 Å². The third-order valence-electron chi connectivity index (χ3n) is 5.93. The van der Waals surface area contributed by atoms with E-state index in [1.54, 1.807) is 0 Å². The van der Waals surface area contributed by atoms with Crippen LogP contribution in [0.15, 0.2) is 42.6 Å². The number of piperidine rings is 3. The van der Waals surface area contributed by atoms with Crippen LogP contribution in [0.3, 0.4) is 0 Å². The second-order valence-electron chi connectivity index (χ2n) is 8.05. The molecule has 1 N–H and O–H groups in total. The first kappa shape index (κ1) is 22.1. The first-order valence-corrected chi connectivity index (χ1v) is 10.3. The van der Waals surface area contributed by atoms with Crippen molar-refractivity contribution in [2.75, 3.05) is 19.6 Å². The Bertz CT molecular complexity index is 1090. The normalized spacial score (nSPS) is 22.3. The summed E-state index contributed by atoms with van der Waals surface area (Å²) < 4.78 is 40.0. The van der Waals surface area contributed by atoms with Crippen LogP contribution in [0.2, 0.25) is 0 Å². The molecule has 3 aliphatic heterocycles. The fourth-order valence-electron chi connectivity index (χ4n) is 4.18. The minimum absolute atomic E-state index is 0.267. The summed E-state index contributed by atoms with van der Waals surface area (Å²) in [6, 6.07) is 12.5. The number of rotatable bonds is 3. The Morgan fingerprint density at radius 3 is 2.41 bits per heavy atom. The molecule has 0 spiro atoms. The summed E-state index contributed by atoms with van der Waals surface area (Å²) in [5, 5.41) is 17.1. The van der Waals surface area contributed by atoms with Gasteiger partial charge in [0.05, 0.1) is 5.69 Å². The molecule has 0 saturated carbocycles. The predicted octanol–water partition coefficient (Wildman–Crippen LogP) is 3.74. The largest absolute Gasteiger partial charge is 0.490 e. The second kappa shape index (κ2) is 8.78. The van der Waals surface area contributed by atoms with Gasteiger partial charge in [-0.2, -0.15) is 13.2 Å². The number of ether oxygens (including phenoxy) is 1. The van der Waals surface area contributed by atoms with Crippen LogP contribution in [-0.2, 0) is 11.8 Å². The summed E-state index contributed by atoms with van der Waals surface area (Å²) in [7, 11) is 2.06. The molecule has 3 fully saturated rings. The number of hydrogen-bond acceptors (Lipinski definition) is 5. The lowest BCUT2D eigenvalue weighted by Gasteiger charge is -2.44. The molecule has 2 bridgehead atoms. The van der Waals surface area contributed by atoms with Crippen molar-refractivity contribution in [1.82, 2.24) is 19.7 Å². The number of benzene rings is 1. The average Bonchev–Trinajstić information content (AvgIpc) is 3.15. The molecule has 0 radical (unpaired) electrons. The highest BCUT2D eigenvalue weighted by molar-refractivity contribution is 5.84. The zero-order chi connectivity index (χ0) is 22.9. The average molecular weight is 448 g/mol. The minimum atomic E-state index is -5.08. The van der Waals surface area contributed by atoms with Gasteiger partial charge in [0.25, 0.3) is 0 Å². The standard InChI is InChI=1S/C20H22N4O.C2HF3O2/c1-23-9-6-16-12-15(2-4-18(16)23)17-3-5-20(22-21-17)25-19-13-24-10-7-14(19)8-11-24;3-2(4,5)1(6)7/h2-6,9,12,14,19H,7-8,10-11,13H2,1H3;(H,6,7)/t19-;/m0./s1. The SMILES string of the molecule is Cn1ccc2cc(-c3ccc(O[C@H]4CN5CCC4CC5)nn3)ccc21.O=C(O)C(F)(F)F. The van der Waals surface area contributed by atoms with E-state index >= 15 is 0 Å². The zero-order valence-electron chi connectivity index (χ0n) is 17.4. The van der Waals surface area contributed by atoms with Crippen molar-refractivity contribution in [2.45, 2.75) is 25.1 Å². The number of alkyl halides is 3. The number of carboxylic acid groups (broad SMARTS) is 1. The molecule has 1 atom stereocenters. The lowest BCUT2D eigenvalue weighted by Crippen LogP contribution is -2.52. The summed E-state index contributed by atoms with van der Waals surface area (Å²) in [6.45, 7) is 3.47. The van der Waals surface area contributed by atoms with E-state index in [9.17, 15) is 13.2 Å². The number of carboxylic acids is 1. The fraction of sp³-hybridized carbons (Fsp3) is 0.409. The Labute approximate surface area is 182 Å². The fourth-order valence-corrected chi connectivity index (χ4v) is 4.18. The third kappa shape index (κ3) is 4.85. The van der Waals surface area contributed by atoms with Gasteiger partial charge in [-0.05, 0) is 56.1 Å². The number of nitrogens with zero attached hydrogens (tertiary/aromatic N) is 4. The molecule has 5 heterocycles. The van der Waals surface area contributed by atoms with Crippen LogP contribution in [-0.4, -0.2) is 62.7 Å². The number of carbonyl (C=O) groups is 1. The van der Waals surface area contributed by atoms with Crippen molar-refractivity contribution in [1.29, 1.82) is 0 Å².